The molecule has 0 amide bonds. The number of nitrogens with zero attached hydrogens (tertiary/aromatic N) is 5. The van der Waals surface area contributed by atoms with Crippen LogP contribution in [0.15, 0.2) is 41.3 Å². The van der Waals surface area contributed by atoms with Crippen molar-refractivity contribution >= 4 is 21.7 Å². The van der Waals surface area contributed by atoms with Crippen LogP contribution in [0.5, 0.6) is 5.75 Å². The lowest BCUT2D eigenvalue weighted by molar-refractivity contribution is 0.309. The smallest absolute Gasteiger partial charge is 0.243 e. The average Bonchev–Trinajstić information content (AvgIpc) is 2.85. The molecule has 180 valence electrons. The number of sulfonamides is 1. The van der Waals surface area contributed by atoms with Crippen molar-refractivity contribution in [3.63, 3.8) is 0 Å². The summed E-state index contributed by atoms with van der Waals surface area (Å²) in [5.41, 5.74) is 0. The van der Waals surface area contributed by atoms with E-state index in [0.717, 1.165) is 31.0 Å². The molecule has 2 aliphatic rings. The van der Waals surface area contributed by atoms with Crippen LogP contribution in [0.25, 0.3) is 0 Å². The number of rotatable bonds is 8. The van der Waals surface area contributed by atoms with E-state index >= 15 is 0 Å². The number of hydrogen-bond acceptors (Lipinski definition) is 7. The number of benzene rings is 1. The third kappa shape index (κ3) is 5.58. The van der Waals surface area contributed by atoms with E-state index in [1.54, 1.807) is 28.6 Å². The maximum atomic E-state index is 13.1. The molecular formula is C24H35N5O3S. The maximum Gasteiger partial charge on any atom is 0.243 e. The fourth-order valence-corrected chi connectivity index (χ4v) is 5.85. The quantitative estimate of drug-likeness (QED) is 0.543. The zero-order chi connectivity index (χ0) is 23.3. The lowest BCUT2D eigenvalue weighted by Gasteiger charge is -2.35. The summed E-state index contributed by atoms with van der Waals surface area (Å²) in [5, 5.41) is 8.92. The zero-order valence-corrected chi connectivity index (χ0v) is 20.5. The molecule has 1 aromatic carbocycles. The van der Waals surface area contributed by atoms with Gasteiger partial charge in [-0.1, -0.05) is 13.3 Å². The molecule has 4 rings (SSSR count). The normalized spacial score (nSPS) is 20.1. The zero-order valence-electron chi connectivity index (χ0n) is 19.7. The van der Waals surface area contributed by atoms with Crippen LogP contribution in [-0.4, -0.2) is 68.3 Å². The van der Waals surface area contributed by atoms with Gasteiger partial charge < -0.3 is 14.5 Å². The molecule has 2 aromatic rings. The van der Waals surface area contributed by atoms with Crippen molar-refractivity contribution in [2.45, 2.75) is 56.9 Å². The van der Waals surface area contributed by atoms with Gasteiger partial charge in [0.25, 0.3) is 0 Å². The Labute approximate surface area is 197 Å². The Morgan fingerprint density at radius 2 is 1.64 bits per heavy atom. The number of anilines is 2. The Morgan fingerprint density at radius 3 is 2.27 bits per heavy atom. The molecule has 0 spiro atoms. The van der Waals surface area contributed by atoms with Crippen molar-refractivity contribution in [1.82, 2.24) is 14.5 Å². The molecule has 0 saturated carbocycles. The van der Waals surface area contributed by atoms with Gasteiger partial charge in [0.2, 0.25) is 10.0 Å². The molecule has 0 N–H and O–H groups in total. The number of piperazine rings is 1. The minimum Gasteiger partial charge on any atom is -0.494 e. The summed E-state index contributed by atoms with van der Waals surface area (Å²) in [6.07, 6.45) is 5.70. The van der Waals surface area contributed by atoms with Gasteiger partial charge in [-0.05, 0) is 69.0 Å². The van der Waals surface area contributed by atoms with Gasteiger partial charge in [0.05, 0.1) is 11.5 Å². The molecule has 2 aliphatic heterocycles. The van der Waals surface area contributed by atoms with Crippen molar-refractivity contribution in [3.05, 3.63) is 36.4 Å². The summed E-state index contributed by atoms with van der Waals surface area (Å²) in [4.78, 5) is 4.73. The molecular weight excluding hydrogens is 438 g/mol. The van der Waals surface area contributed by atoms with Crippen LogP contribution in [0.1, 0.15) is 46.0 Å². The predicted molar refractivity (Wildman–Crippen MR) is 131 cm³/mol. The largest absolute Gasteiger partial charge is 0.494 e. The standard InChI is InChI=1S/C24H35N5O3S/c1-3-4-19-32-21-8-10-22(11-9-21)33(30,31)28-17-15-27(16-18-28)23-12-13-24(26-25-23)29-14-6-5-7-20(29)2/h8-13,20H,3-7,14-19H2,1-2H3. The molecule has 2 fully saturated rings. The number of unbranched alkanes of at least 4 members (excludes halogenated alkanes) is 1. The first-order chi connectivity index (χ1) is 16.0. The van der Waals surface area contributed by atoms with Gasteiger partial charge in [-0.2, -0.15) is 4.31 Å². The van der Waals surface area contributed by atoms with Gasteiger partial charge in [0.15, 0.2) is 11.6 Å². The Morgan fingerprint density at radius 1 is 0.939 bits per heavy atom. The van der Waals surface area contributed by atoms with Gasteiger partial charge >= 0.3 is 0 Å². The van der Waals surface area contributed by atoms with Crippen molar-refractivity contribution in [2.24, 2.45) is 0 Å². The van der Waals surface area contributed by atoms with Gasteiger partial charge in [-0.15, -0.1) is 10.2 Å². The summed E-state index contributed by atoms with van der Waals surface area (Å²) in [6, 6.07) is 11.3. The Hall–Kier alpha value is -2.39. The van der Waals surface area contributed by atoms with Crippen LogP contribution in [0.3, 0.4) is 0 Å². The third-order valence-corrected chi connectivity index (χ3v) is 8.44. The number of aromatic nitrogens is 2. The summed E-state index contributed by atoms with van der Waals surface area (Å²) in [5.74, 6) is 2.43. The number of piperidine rings is 1. The Balaban J connectivity index is 1.34. The van der Waals surface area contributed by atoms with E-state index in [1.807, 2.05) is 12.1 Å². The monoisotopic (exact) mass is 473 g/mol. The molecule has 3 heterocycles. The second kappa shape index (κ2) is 10.7. The van der Waals surface area contributed by atoms with Crippen LogP contribution in [0.4, 0.5) is 11.6 Å². The van der Waals surface area contributed by atoms with Crippen LogP contribution < -0.4 is 14.5 Å². The summed E-state index contributed by atoms with van der Waals surface area (Å²) in [7, 11) is -3.53. The molecule has 0 aliphatic carbocycles. The van der Waals surface area contributed by atoms with E-state index in [2.05, 4.69) is 33.8 Å². The molecule has 8 nitrogen and oxygen atoms in total. The van der Waals surface area contributed by atoms with E-state index in [4.69, 9.17) is 4.74 Å². The number of ether oxygens (including phenoxy) is 1. The highest BCUT2D eigenvalue weighted by atomic mass is 32.2. The van der Waals surface area contributed by atoms with Gasteiger partial charge in [-0.3, -0.25) is 0 Å². The van der Waals surface area contributed by atoms with Crippen LogP contribution in [0, 0.1) is 0 Å². The van der Waals surface area contributed by atoms with E-state index in [1.165, 1.54) is 19.3 Å². The second-order valence-corrected chi connectivity index (χ2v) is 10.8. The van der Waals surface area contributed by atoms with Gasteiger partial charge in [-0.25, -0.2) is 8.42 Å². The maximum absolute atomic E-state index is 13.1. The van der Waals surface area contributed by atoms with E-state index in [-0.39, 0.29) is 0 Å². The van der Waals surface area contributed by atoms with Gasteiger partial charge in [0.1, 0.15) is 5.75 Å². The SMILES string of the molecule is CCCCOc1ccc(S(=O)(=O)N2CCN(c3ccc(N4CCCCC4C)nn3)CC2)cc1. The number of hydrogen-bond donors (Lipinski definition) is 0. The first-order valence-corrected chi connectivity index (χ1v) is 13.5. The lowest BCUT2D eigenvalue weighted by atomic mass is 10.0. The first kappa shape index (κ1) is 23.8. The third-order valence-electron chi connectivity index (χ3n) is 6.52. The summed E-state index contributed by atoms with van der Waals surface area (Å²) >= 11 is 0. The minimum atomic E-state index is -3.53. The average molecular weight is 474 g/mol. The van der Waals surface area contributed by atoms with Crippen molar-refractivity contribution in [1.29, 1.82) is 0 Å². The summed E-state index contributed by atoms with van der Waals surface area (Å²) in [6.45, 7) is 8.03. The van der Waals surface area contributed by atoms with Crippen molar-refractivity contribution in [3.8, 4) is 5.75 Å². The predicted octanol–water partition coefficient (Wildman–Crippen LogP) is 3.55. The topological polar surface area (TPSA) is 78.9 Å². The van der Waals surface area contributed by atoms with Crippen LogP contribution in [-0.2, 0) is 10.0 Å². The van der Waals surface area contributed by atoms with Crippen LogP contribution in [0.2, 0.25) is 0 Å². The molecule has 1 atom stereocenters. The highest BCUT2D eigenvalue weighted by Crippen LogP contribution is 2.25. The molecule has 33 heavy (non-hydrogen) atoms. The molecule has 9 heteroatoms. The van der Waals surface area contributed by atoms with Gasteiger partial charge in [0, 0.05) is 38.8 Å². The molecule has 1 aromatic heterocycles. The fourth-order valence-electron chi connectivity index (χ4n) is 4.43. The van der Waals surface area contributed by atoms with E-state index in [9.17, 15) is 8.42 Å². The highest BCUT2D eigenvalue weighted by Gasteiger charge is 2.29. The molecule has 1 unspecified atom stereocenters. The Kier molecular flexibility index (Phi) is 7.70. The van der Waals surface area contributed by atoms with Crippen molar-refractivity contribution < 1.29 is 13.2 Å². The lowest BCUT2D eigenvalue weighted by Crippen LogP contribution is -2.49. The Bertz CT molecular complexity index is 990. The molecule has 2 saturated heterocycles. The van der Waals surface area contributed by atoms with E-state index < -0.39 is 10.0 Å². The highest BCUT2D eigenvalue weighted by molar-refractivity contribution is 7.89. The second-order valence-electron chi connectivity index (χ2n) is 8.85. The minimum absolute atomic E-state index is 0.304. The molecule has 0 radical (unpaired) electrons. The van der Waals surface area contributed by atoms with Crippen LogP contribution >= 0.6 is 0 Å². The summed E-state index contributed by atoms with van der Waals surface area (Å²) < 4.78 is 33.4. The fraction of sp³-hybridized carbons (Fsp3) is 0.583. The van der Waals surface area contributed by atoms with Crippen molar-refractivity contribution in [2.75, 3.05) is 49.1 Å². The first-order valence-electron chi connectivity index (χ1n) is 12.1. The molecule has 0 bridgehead atoms. The van der Waals surface area contributed by atoms with E-state index in [0.29, 0.717) is 49.5 Å².